The van der Waals surface area contributed by atoms with Crippen molar-refractivity contribution in [2.24, 2.45) is 0 Å². The van der Waals surface area contributed by atoms with E-state index in [2.05, 4.69) is 19.6 Å². The van der Waals surface area contributed by atoms with Crippen molar-refractivity contribution in [3.63, 3.8) is 0 Å². The third-order valence-corrected chi connectivity index (χ3v) is 1.66. The van der Waals surface area contributed by atoms with Gasteiger partial charge in [0.1, 0.15) is 12.4 Å². The van der Waals surface area contributed by atoms with E-state index in [1.54, 1.807) is 0 Å². The molecule has 0 unspecified atom stereocenters. The second-order valence-corrected chi connectivity index (χ2v) is 2.40. The molecule has 4 nitrogen and oxygen atoms in total. The molecule has 2 aromatic rings. The summed E-state index contributed by atoms with van der Waals surface area (Å²) in [6.45, 7) is 0. The Morgan fingerprint density at radius 1 is 1.60 bits per heavy atom. The monoisotopic (exact) mass is 153 g/mol. The summed E-state index contributed by atoms with van der Waals surface area (Å²) in [6.07, 6.45) is 3.63. The third-order valence-electron chi connectivity index (χ3n) is 1.15. The largest absolute Gasteiger partial charge is 0.306 e. The SMILES string of the molecule is c1c[nH+]c(-c2csnn2)[nH]1. The number of hydrogen-bond donors (Lipinski definition) is 1. The summed E-state index contributed by atoms with van der Waals surface area (Å²) in [5.41, 5.74) is 0.856. The number of rotatable bonds is 1. The minimum absolute atomic E-state index is 0.856. The number of aromatic amines is 2. The molecule has 2 rings (SSSR count). The fourth-order valence-electron chi connectivity index (χ4n) is 0.713. The molecule has 0 saturated heterocycles. The van der Waals surface area contributed by atoms with E-state index in [0.717, 1.165) is 11.5 Å². The Bertz CT molecular complexity index is 253. The number of aromatic nitrogens is 4. The molecule has 10 heavy (non-hydrogen) atoms. The quantitative estimate of drug-likeness (QED) is 0.642. The fourth-order valence-corrected chi connectivity index (χ4v) is 1.16. The van der Waals surface area contributed by atoms with Crippen LogP contribution in [-0.2, 0) is 0 Å². The van der Waals surface area contributed by atoms with Crippen molar-refractivity contribution in [3.8, 4) is 11.5 Å². The smallest absolute Gasteiger partial charge is 0.242 e. The Balaban J connectivity index is 2.48. The van der Waals surface area contributed by atoms with Crippen LogP contribution in [0.15, 0.2) is 17.8 Å². The molecule has 0 aromatic carbocycles. The van der Waals surface area contributed by atoms with Crippen LogP contribution in [-0.4, -0.2) is 14.6 Å². The molecule has 0 aliphatic heterocycles. The summed E-state index contributed by atoms with van der Waals surface area (Å²) in [6, 6.07) is 0. The predicted molar refractivity (Wildman–Crippen MR) is 36.3 cm³/mol. The Labute approximate surface area is 61.1 Å². The third kappa shape index (κ3) is 0.801. The Morgan fingerprint density at radius 3 is 3.20 bits per heavy atom. The highest BCUT2D eigenvalue weighted by atomic mass is 32.1. The molecule has 0 spiro atoms. The first-order valence-corrected chi connectivity index (χ1v) is 3.63. The van der Waals surface area contributed by atoms with E-state index in [1.165, 1.54) is 11.5 Å². The summed E-state index contributed by atoms with van der Waals surface area (Å²) in [5.74, 6) is 0.897. The van der Waals surface area contributed by atoms with Crippen LogP contribution in [0.5, 0.6) is 0 Å². The zero-order chi connectivity index (χ0) is 6.81. The maximum atomic E-state index is 3.86. The van der Waals surface area contributed by atoms with Crippen molar-refractivity contribution in [1.82, 2.24) is 14.6 Å². The van der Waals surface area contributed by atoms with Crippen molar-refractivity contribution in [2.75, 3.05) is 0 Å². The van der Waals surface area contributed by atoms with Gasteiger partial charge in [-0.2, -0.15) is 0 Å². The fraction of sp³-hybridized carbons (Fsp3) is 0. The van der Waals surface area contributed by atoms with Gasteiger partial charge in [-0.25, -0.2) is 9.97 Å². The average Bonchev–Trinajstić information content (AvgIpc) is 2.59. The molecule has 2 heterocycles. The van der Waals surface area contributed by atoms with E-state index in [-0.39, 0.29) is 0 Å². The van der Waals surface area contributed by atoms with E-state index in [4.69, 9.17) is 0 Å². The van der Waals surface area contributed by atoms with E-state index < -0.39 is 0 Å². The molecule has 0 amide bonds. The standard InChI is InChI=1S/C5H4N4S/c1-2-7-5(6-1)4-3-10-9-8-4/h1-3H,(H,6,7)/p+1. The zero-order valence-corrected chi connectivity index (χ0v) is 5.85. The van der Waals surface area contributed by atoms with Crippen molar-refractivity contribution in [2.45, 2.75) is 0 Å². The van der Waals surface area contributed by atoms with E-state index in [1.807, 2.05) is 17.8 Å². The number of imidazole rings is 1. The lowest BCUT2D eigenvalue weighted by Crippen LogP contribution is -2.00. The van der Waals surface area contributed by atoms with Gasteiger partial charge >= 0.3 is 5.82 Å². The van der Waals surface area contributed by atoms with Gasteiger partial charge in [0.15, 0.2) is 5.69 Å². The van der Waals surface area contributed by atoms with Crippen LogP contribution in [0.3, 0.4) is 0 Å². The van der Waals surface area contributed by atoms with Gasteiger partial charge in [0, 0.05) is 5.38 Å². The second kappa shape index (κ2) is 2.18. The average molecular weight is 153 g/mol. The van der Waals surface area contributed by atoms with Gasteiger partial charge in [-0.1, -0.05) is 4.49 Å². The van der Waals surface area contributed by atoms with Crippen LogP contribution in [0.4, 0.5) is 0 Å². The number of nitrogens with one attached hydrogen (secondary N) is 2. The van der Waals surface area contributed by atoms with Crippen LogP contribution < -0.4 is 4.98 Å². The highest BCUT2D eigenvalue weighted by molar-refractivity contribution is 7.03. The van der Waals surface area contributed by atoms with Crippen LogP contribution in [0.1, 0.15) is 0 Å². The number of H-pyrrole nitrogens is 2. The Kier molecular flexibility index (Phi) is 1.21. The van der Waals surface area contributed by atoms with E-state index in [9.17, 15) is 0 Å². The normalized spacial score (nSPS) is 10.0. The Hall–Kier alpha value is -1.23. The van der Waals surface area contributed by atoms with Crippen molar-refractivity contribution in [1.29, 1.82) is 0 Å². The van der Waals surface area contributed by atoms with E-state index >= 15 is 0 Å². The molecule has 5 heteroatoms. The van der Waals surface area contributed by atoms with Crippen LogP contribution >= 0.6 is 11.5 Å². The maximum absolute atomic E-state index is 3.86. The summed E-state index contributed by atoms with van der Waals surface area (Å²) in [7, 11) is 0. The molecular weight excluding hydrogens is 148 g/mol. The second-order valence-electron chi connectivity index (χ2n) is 1.79. The molecule has 0 saturated carbocycles. The predicted octanol–water partition coefficient (Wildman–Crippen LogP) is 0.347. The lowest BCUT2D eigenvalue weighted by atomic mass is 10.5. The molecule has 2 N–H and O–H groups in total. The lowest BCUT2D eigenvalue weighted by molar-refractivity contribution is -0.362. The van der Waals surface area contributed by atoms with Crippen LogP contribution in [0.25, 0.3) is 11.5 Å². The molecule has 2 aromatic heterocycles. The van der Waals surface area contributed by atoms with Gasteiger partial charge in [0.25, 0.3) is 0 Å². The highest BCUT2D eigenvalue weighted by Gasteiger charge is 2.06. The van der Waals surface area contributed by atoms with Crippen molar-refractivity contribution < 1.29 is 4.98 Å². The van der Waals surface area contributed by atoms with Gasteiger partial charge < -0.3 is 0 Å². The van der Waals surface area contributed by atoms with Gasteiger partial charge in [0.05, 0.1) is 0 Å². The van der Waals surface area contributed by atoms with Crippen molar-refractivity contribution >= 4 is 11.5 Å². The molecular formula is C5H5N4S+. The molecule has 0 fully saturated rings. The zero-order valence-electron chi connectivity index (χ0n) is 5.03. The van der Waals surface area contributed by atoms with Gasteiger partial charge in [-0.3, -0.25) is 0 Å². The maximum Gasteiger partial charge on any atom is 0.306 e. The molecule has 0 aliphatic carbocycles. The molecule has 0 bridgehead atoms. The summed E-state index contributed by atoms with van der Waals surface area (Å²) in [5, 5.41) is 5.74. The first kappa shape index (κ1) is 5.55. The lowest BCUT2D eigenvalue weighted by Gasteiger charge is -1.75. The first-order valence-electron chi connectivity index (χ1n) is 2.79. The molecule has 0 radical (unpaired) electrons. The molecule has 0 atom stereocenters. The number of hydrogen-bond acceptors (Lipinski definition) is 3. The van der Waals surface area contributed by atoms with Gasteiger partial charge in [0.2, 0.25) is 0 Å². The minimum Gasteiger partial charge on any atom is -0.242 e. The van der Waals surface area contributed by atoms with Crippen LogP contribution in [0, 0.1) is 0 Å². The first-order chi connectivity index (χ1) is 4.97. The van der Waals surface area contributed by atoms with Crippen LogP contribution in [0.2, 0.25) is 0 Å². The highest BCUT2D eigenvalue weighted by Crippen LogP contribution is 2.07. The summed E-state index contributed by atoms with van der Waals surface area (Å²) >= 11 is 1.34. The summed E-state index contributed by atoms with van der Waals surface area (Å²) in [4.78, 5) is 5.98. The van der Waals surface area contributed by atoms with E-state index in [0.29, 0.717) is 0 Å². The van der Waals surface area contributed by atoms with Gasteiger partial charge in [-0.05, 0) is 11.5 Å². The molecule has 50 valence electrons. The Morgan fingerprint density at radius 2 is 2.60 bits per heavy atom. The summed E-state index contributed by atoms with van der Waals surface area (Å²) < 4.78 is 3.73. The van der Waals surface area contributed by atoms with Crippen molar-refractivity contribution in [3.05, 3.63) is 17.8 Å². The van der Waals surface area contributed by atoms with Gasteiger partial charge in [-0.15, -0.1) is 5.10 Å². The number of nitrogens with zero attached hydrogens (tertiary/aromatic N) is 2. The molecule has 0 aliphatic rings. The minimum atomic E-state index is 0.856. The topological polar surface area (TPSA) is 55.7 Å².